The van der Waals surface area contributed by atoms with Gasteiger partial charge in [0.25, 0.3) is 0 Å². The standard InChI is InChI=1S/C35H22N4/c1-3-23-6-4-18-36-33(23)32-22(2)8-16-30(38-32)27-13-9-24-10-14-28(21-29(24)20-27)31-17-15-26-12-11-25-7-5-19-37-34(25)35(26)39-31/h1,4-21H,2H3. The summed E-state index contributed by atoms with van der Waals surface area (Å²) in [7, 11) is 0. The van der Waals surface area contributed by atoms with Gasteiger partial charge in [0, 0.05) is 34.3 Å². The number of fused-ring (bicyclic) bond motifs is 4. The second kappa shape index (κ2) is 9.16. The fraction of sp³-hybridized carbons (Fsp3) is 0.0286. The van der Waals surface area contributed by atoms with E-state index in [1.54, 1.807) is 6.20 Å². The predicted molar refractivity (Wildman–Crippen MR) is 159 cm³/mol. The first-order valence-electron chi connectivity index (χ1n) is 12.8. The maximum atomic E-state index is 5.74. The average Bonchev–Trinajstić information content (AvgIpc) is 3.00. The minimum atomic E-state index is 0.729. The number of nitrogens with zero attached hydrogens (tertiary/aromatic N) is 4. The molecule has 0 spiro atoms. The van der Waals surface area contributed by atoms with Crippen LogP contribution in [-0.4, -0.2) is 19.9 Å². The van der Waals surface area contributed by atoms with Crippen LogP contribution in [0.25, 0.3) is 66.5 Å². The maximum Gasteiger partial charge on any atom is 0.104 e. The molecule has 0 radical (unpaired) electrons. The van der Waals surface area contributed by atoms with Gasteiger partial charge in [-0.15, -0.1) is 6.42 Å². The van der Waals surface area contributed by atoms with E-state index < -0.39 is 0 Å². The van der Waals surface area contributed by atoms with Gasteiger partial charge >= 0.3 is 0 Å². The van der Waals surface area contributed by atoms with E-state index in [0.717, 1.165) is 77.6 Å². The lowest BCUT2D eigenvalue weighted by molar-refractivity contribution is 1.21. The molecule has 39 heavy (non-hydrogen) atoms. The third-order valence-electron chi connectivity index (χ3n) is 7.15. The van der Waals surface area contributed by atoms with Gasteiger partial charge in [-0.2, -0.15) is 0 Å². The van der Waals surface area contributed by atoms with Crippen molar-refractivity contribution in [2.75, 3.05) is 0 Å². The van der Waals surface area contributed by atoms with Crippen molar-refractivity contribution in [2.24, 2.45) is 0 Å². The van der Waals surface area contributed by atoms with Crippen LogP contribution in [-0.2, 0) is 0 Å². The van der Waals surface area contributed by atoms with Gasteiger partial charge in [-0.1, -0.05) is 60.5 Å². The highest BCUT2D eigenvalue weighted by Crippen LogP contribution is 2.31. The summed E-state index contributed by atoms with van der Waals surface area (Å²) in [6.45, 7) is 2.03. The smallest absolute Gasteiger partial charge is 0.104 e. The Labute approximate surface area is 226 Å². The second-order valence-corrected chi connectivity index (χ2v) is 9.59. The van der Waals surface area contributed by atoms with Crippen molar-refractivity contribution in [2.45, 2.75) is 6.92 Å². The van der Waals surface area contributed by atoms with Crippen molar-refractivity contribution in [1.82, 2.24) is 19.9 Å². The molecule has 3 aromatic carbocycles. The van der Waals surface area contributed by atoms with Crippen LogP contribution in [0.2, 0.25) is 0 Å². The summed E-state index contributed by atoms with van der Waals surface area (Å²) >= 11 is 0. The Bertz CT molecular complexity index is 2100. The second-order valence-electron chi connectivity index (χ2n) is 9.59. The van der Waals surface area contributed by atoms with Gasteiger partial charge < -0.3 is 0 Å². The maximum absolute atomic E-state index is 5.74. The third kappa shape index (κ3) is 3.98. The highest BCUT2D eigenvalue weighted by atomic mass is 14.8. The summed E-state index contributed by atoms with van der Waals surface area (Å²) in [5.74, 6) is 2.73. The van der Waals surface area contributed by atoms with Crippen LogP contribution in [0.1, 0.15) is 11.1 Å². The van der Waals surface area contributed by atoms with Crippen LogP contribution in [0.5, 0.6) is 0 Å². The molecule has 0 unspecified atom stereocenters. The highest BCUT2D eigenvalue weighted by Gasteiger charge is 2.12. The minimum Gasteiger partial charge on any atom is -0.254 e. The van der Waals surface area contributed by atoms with E-state index in [-0.39, 0.29) is 0 Å². The van der Waals surface area contributed by atoms with Crippen LogP contribution in [0.4, 0.5) is 0 Å². The molecular weight excluding hydrogens is 476 g/mol. The lowest BCUT2D eigenvalue weighted by Crippen LogP contribution is -1.96. The highest BCUT2D eigenvalue weighted by molar-refractivity contribution is 6.03. The molecule has 0 aliphatic rings. The van der Waals surface area contributed by atoms with Gasteiger partial charge in [-0.25, -0.2) is 9.97 Å². The lowest BCUT2D eigenvalue weighted by atomic mass is 9.99. The van der Waals surface area contributed by atoms with E-state index in [2.05, 4.69) is 88.7 Å². The fourth-order valence-corrected chi connectivity index (χ4v) is 5.09. The van der Waals surface area contributed by atoms with Gasteiger partial charge in [0.1, 0.15) is 5.69 Å². The molecule has 4 heteroatoms. The molecule has 182 valence electrons. The third-order valence-corrected chi connectivity index (χ3v) is 7.15. The summed E-state index contributed by atoms with van der Waals surface area (Å²) < 4.78 is 0. The van der Waals surface area contributed by atoms with Crippen LogP contribution >= 0.6 is 0 Å². The molecule has 0 aliphatic carbocycles. The van der Waals surface area contributed by atoms with Gasteiger partial charge in [0.05, 0.1) is 33.7 Å². The van der Waals surface area contributed by atoms with Crippen LogP contribution in [0, 0.1) is 19.3 Å². The van der Waals surface area contributed by atoms with E-state index in [1.165, 1.54) is 0 Å². The van der Waals surface area contributed by atoms with Crippen molar-refractivity contribution in [1.29, 1.82) is 0 Å². The van der Waals surface area contributed by atoms with Crippen LogP contribution in [0.3, 0.4) is 0 Å². The van der Waals surface area contributed by atoms with Gasteiger partial charge in [0.2, 0.25) is 0 Å². The molecule has 7 rings (SSSR count). The number of benzene rings is 3. The molecule has 0 aliphatic heterocycles. The van der Waals surface area contributed by atoms with Crippen molar-refractivity contribution >= 4 is 32.6 Å². The molecule has 0 saturated carbocycles. The Hall–Kier alpha value is -5.40. The summed E-state index contributed by atoms with van der Waals surface area (Å²) in [6.07, 6.45) is 9.31. The number of hydrogen-bond donors (Lipinski definition) is 0. The van der Waals surface area contributed by atoms with Gasteiger partial charge in [0.15, 0.2) is 0 Å². The molecule has 0 bridgehead atoms. The van der Waals surface area contributed by atoms with Crippen molar-refractivity contribution < 1.29 is 0 Å². The molecule has 7 aromatic rings. The average molecular weight is 499 g/mol. The normalized spacial score (nSPS) is 11.2. The summed E-state index contributed by atoms with van der Waals surface area (Å²) in [5, 5.41) is 4.44. The lowest BCUT2D eigenvalue weighted by Gasteiger charge is -2.11. The molecule has 4 heterocycles. The van der Waals surface area contributed by atoms with Crippen LogP contribution in [0.15, 0.2) is 109 Å². The Morgan fingerprint density at radius 1 is 0.564 bits per heavy atom. The summed E-state index contributed by atoms with van der Waals surface area (Å²) in [5.41, 5.74) is 9.00. The van der Waals surface area contributed by atoms with Crippen molar-refractivity contribution in [3.63, 3.8) is 0 Å². The monoisotopic (exact) mass is 498 g/mol. The molecule has 0 fully saturated rings. The van der Waals surface area contributed by atoms with Crippen LogP contribution < -0.4 is 0 Å². The zero-order valence-electron chi connectivity index (χ0n) is 21.3. The molecule has 0 atom stereocenters. The van der Waals surface area contributed by atoms with Crippen molar-refractivity contribution in [3.8, 4) is 46.2 Å². The Balaban J connectivity index is 1.33. The Morgan fingerprint density at radius 3 is 2.00 bits per heavy atom. The van der Waals surface area contributed by atoms with E-state index >= 15 is 0 Å². The Kier molecular flexibility index (Phi) is 5.35. The largest absolute Gasteiger partial charge is 0.254 e. The first-order chi connectivity index (χ1) is 19.2. The SMILES string of the molecule is C#Cc1cccnc1-c1nc(-c2ccc3ccc(-c4ccc5ccc6cccnc6c5n4)cc3c2)ccc1C. The van der Waals surface area contributed by atoms with E-state index in [9.17, 15) is 0 Å². The van der Waals surface area contributed by atoms with Crippen molar-refractivity contribution in [3.05, 3.63) is 121 Å². The van der Waals surface area contributed by atoms with Gasteiger partial charge in [-0.05, 0) is 65.7 Å². The Morgan fingerprint density at radius 2 is 1.21 bits per heavy atom. The molecular formula is C35H22N4. The molecule has 0 saturated heterocycles. The quantitative estimate of drug-likeness (QED) is 0.183. The number of pyridine rings is 4. The molecule has 4 aromatic heterocycles. The van der Waals surface area contributed by atoms with E-state index in [0.29, 0.717) is 0 Å². The first kappa shape index (κ1) is 22.8. The first-order valence-corrected chi connectivity index (χ1v) is 12.8. The van der Waals surface area contributed by atoms with E-state index in [4.69, 9.17) is 16.4 Å². The zero-order valence-corrected chi connectivity index (χ0v) is 21.3. The fourth-order valence-electron chi connectivity index (χ4n) is 5.09. The summed E-state index contributed by atoms with van der Waals surface area (Å²) in [4.78, 5) is 19.2. The van der Waals surface area contributed by atoms with Gasteiger partial charge in [-0.3, -0.25) is 9.97 Å². The predicted octanol–water partition coefficient (Wildman–Crippen LogP) is 8.02. The number of rotatable bonds is 3. The molecule has 0 amide bonds. The van der Waals surface area contributed by atoms with E-state index in [1.807, 2.05) is 37.4 Å². The number of terminal acetylenes is 1. The number of hydrogen-bond acceptors (Lipinski definition) is 4. The minimum absolute atomic E-state index is 0.729. The zero-order chi connectivity index (χ0) is 26.3. The number of aromatic nitrogens is 4. The molecule has 4 nitrogen and oxygen atoms in total. The number of aryl methyl sites for hydroxylation is 1. The molecule has 0 N–H and O–H groups in total. The topological polar surface area (TPSA) is 51.6 Å². The summed E-state index contributed by atoms with van der Waals surface area (Å²) in [6, 6.07) is 33.2.